The number of benzene rings is 1. The third-order valence-corrected chi connectivity index (χ3v) is 4.21. The molecule has 0 N–H and O–H groups in total. The Labute approximate surface area is 140 Å². The molecule has 0 spiro atoms. The molecule has 1 aliphatic rings. The largest absolute Gasteiger partial charge is 0.368 e. The van der Waals surface area contributed by atoms with Gasteiger partial charge >= 0.3 is 0 Å². The number of aryl methyl sites for hydroxylation is 1. The number of amides is 1. The van der Waals surface area contributed by atoms with Crippen molar-refractivity contribution in [3.8, 4) is 0 Å². The molecule has 0 unspecified atom stereocenters. The number of halogens is 1. The molecule has 0 fully saturated rings. The smallest absolute Gasteiger partial charge is 0.227 e. The molecule has 0 bridgehead atoms. The van der Waals surface area contributed by atoms with E-state index in [0.717, 1.165) is 25.2 Å². The minimum absolute atomic E-state index is 0.0260. The van der Waals surface area contributed by atoms with Crippen LogP contribution in [0, 0.1) is 5.82 Å². The third-order valence-electron chi connectivity index (χ3n) is 4.21. The summed E-state index contributed by atoms with van der Waals surface area (Å²) >= 11 is 0. The van der Waals surface area contributed by atoms with Gasteiger partial charge in [-0.25, -0.2) is 4.39 Å². The van der Waals surface area contributed by atoms with E-state index in [4.69, 9.17) is 0 Å². The molecule has 128 valence electrons. The van der Waals surface area contributed by atoms with Gasteiger partial charge in [0.15, 0.2) is 0 Å². The van der Waals surface area contributed by atoms with Crippen LogP contribution in [0.3, 0.4) is 0 Å². The van der Waals surface area contributed by atoms with E-state index in [-0.39, 0.29) is 11.7 Å². The van der Waals surface area contributed by atoms with E-state index in [2.05, 4.69) is 22.1 Å². The molecule has 24 heavy (non-hydrogen) atoms. The van der Waals surface area contributed by atoms with E-state index in [1.807, 2.05) is 0 Å². The maximum atomic E-state index is 13.7. The summed E-state index contributed by atoms with van der Waals surface area (Å²) < 4.78 is 15.4. The summed E-state index contributed by atoms with van der Waals surface area (Å²) in [5.74, 6) is -0.286. The molecule has 3 rings (SSSR count). The number of nitrogens with zero attached hydrogens (tertiary/aromatic N) is 5. The third kappa shape index (κ3) is 3.55. The minimum atomic E-state index is -0.312. The van der Waals surface area contributed by atoms with Crippen LogP contribution in [0.15, 0.2) is 30.6 Å². The molecule has 0 atom stereocenters. The van der Waals surface area contributed by atoms with Crippen LogP contribution < -0.4 is 9.80 Å². The standard InChI is InChI=1S/C17H22FN5O/c1-2-8-21-11-12-23(16-13-14(18)5-6-15(16)21)17(24)4-3-9-22-10-7-19-20-22/h5-7,10,13H,2-4,8-9,11-12H2,1H3. The van der Waals surface area contributed by atoms with Gasteiger partial charge in [0, 0.05) is 38.8 Å². The summed E-state index contributed by atoms with van der Waals surface area (Å²) in [5, 5.41) is 7.63. The fraction of sp³-hybridized carbons (Fsp3) is 0.471. The zero-order valence-electron chi connectivity index (χ0n) is 13.9. The zero-order chi connectivity index (χ0) is 16.9. The Morgan fingerprint density at radius 3 is 2.88 bits per heavy atom. The van der Waals surface area contributed by atoms with Gasteiger partial charge in [-0.1, -0.05) is 12.1 Å². The number of anilines is 2. The number of carbonyl (C=O) groups excluding carboxylic acids is 1. The normalized spacial score (nSPS) is 13.9. The fourth-order valence-corrected chi connectivity index (χ4v) is 3.08. The van der Waals surface area contributed by atoms with Crippen molar-refractivity contribution < 1.29 is 9.18 Å². The number of fused-ring (bicyclic) bond motifs is 1. The molecule has 0 radical (unpaired) electrons. The van der Waals surface area contributed by atoms with Crippen LogP contribution in [-0.2, 0) is 11.3 Å². The van der Waals surface area contributed by atoms with Crippen LogP contribution in [0.5, 0.6) is 0 Å². The Morgan fingerprint density at radius 2 is 2.12 bits per heavy atom. The van der Waals surface area contributed by atoms with Crippen molar-refractivity contribution in [2.75, 3.05) is 29.4 Å². The predicted octanol–water partition coefficient (Wildman–Crippen LogP) is 2.46. The lowest BCUT2D eigenvalue weighted by Crippen LogP contribution is -2.44. The molecule has 2 aromatic rings. The first-order valence-electron chi connectivity index (χ1n) is 8.38. The van der Waals surface area contributed by atoms with Crippen molar-refractivity contribution in [1.29, 1.82) is 0 Å². The van der Waals surface area contributed by atoms with Crippen LogP contribution in [0.25, 0.3) is 0 Å². The van der Waals surface area contributed by atoms with Crippen molar-refractivity contribution in [3.05, 3.63) is 36.4 Å². The Hall–Kier alpha value is -2.44. The van der Waals surface area contributed by atoms with E-state index >= 15 is 0 Å². The van der Waals surface area contributed by atoms with Crippen LogP contribution >= 0.6 is 0 Å². The van der Waals surface area contributed by atoms with Crippen molar-refractivity contribution in [2.45, 2.75) is 32.7 Å². The Bertz CT molecular complexity index is 688. The van der Waals surface area contributed by atoms with E-state index < -0.39 is 0 Å². The molecule has 1 aromatic heterocycles. The van der Waals surface area contributed by atoms with Gasteiger partial charge in [-0.2, -0.15) is 0 Å². The molecule has 2 heterocycles. The molecule has 1 aliphatic heterocycles. The van der Waals surface area contributed by atoms with E-state index in [0.29, 0.717) is 31.6 Å². The number of hydrogen-bond acceptors (Lipinski definition) is 4. The summed E-state index contributed by atoms with van der Waals surface area (Å²) in [7, 11) is 0. The average Bonchev–Trinajstić information content (AvgIpc) is 3.08. The number of rotatable bonds is 6. The van der Waals surface area contributed by atoms with Crippen molar-refractivity contribution >= 4 is 17.3 Å². The molecule has 6 nitrogen and oxygen atoms in total. The van der Waals surface area contributed by atoms with Crippen LogP contribution in [0.1, 0.15) is 26.2 Å². The zero-order valence-corrected chi connectivity index (χ0v) is 13.9. The van der Waals surface area contributed by atoms with E-state index in [1.54, 1.807) is 28.0 Å². The average molecular weight is 331 g/mol. The summed E-state index contributed by atoms with van der Waals surface area (Å²) in [6.45, 7) is 5.05. The van der Waals surface area contributed by atoms with Gasteiger partial charge in [-0.3, -0.25) is 9.48 Å². The van der Waals surface area contributed by atoms with Crippen LogP contribution in [-0.4, -0.2) is 40.5 Å². The molecule has 0 aliphatic carbocycles. The first-order chi connectivity index (χ1) is 11.7. The molecular formula is C17H22FN5O. The van der Waals surface area contributed by atoms with Gasteiger partial charge in [-0.05, 0) is 31.0 Å². The Morgan fingerprint density at radius 1 is 1.25 bits per heavy atom. The summed E-state index contributed by atoms with van der Waals surface area (Å²) in [6.07, 6.45) is 5.50. The fourth-order valence-electron chi connectivity index (χ4n) is 3.08. The first kappa shape index (κ1) is 16.4. The van der Waals surface area contributed by atoms with Crippen molar-refractivity contribution in [1.82, 2.24) is 15.0 Å². The molecule has 1 aromatic carbocycles. The highest BCUT2D eigenvalue weighted by Gasteiger charge is 2.26. The molecule has 7 heteroatoms. The molecular weight excluding hydrogens is 309 g/mol. The minimum Gasteiger partial charge on any atom is -0.368 e. The number of carbonyl (C=O) groups is 1. The lowest BCUT2D eigenvalue weighted by molar-refractivity contribution is -0.118. The lowest BCUT2D eigenvalue weighted by Gasteiger charge is -2.37. The second-order valence-electron chi connectivity index (χ2n) is 5.94. The van der Waals surface area contributed by atoms with Crippen LogP contribution in [0.4, 0.5) is 15.8 Å². The van der Waals surface area contributed by atoms with Crippen molar-refractivity contribution in [3.63, 3.8) is 0 Å². The first-order valence-corrected chi connectivity index (χ1v) is 8.38. The van der Waals surface area contributed by atoms with Gasteiger partial charge in [0.25, 0.3) is 0 Å². The van der Waals surface area contributed by atoms with Gasteiger partial charge in [0.05, 0.1) is 17.6 Å². The summed E-state index contributed by atoms with van der Waals surface area (Å²) in [4.78, 5) is 16.5. The van der Waals surface area contributed by atoms with Gasteiger partial charge < -0.3 is 9.80 Å². The second kappa shape index (κ2) is 7.42. The highest BCUT2D eigenvalue weighted by molar-refractivity contribution is 5.97. The van der Waals surface area contributed by atoms with Crippen molar-refractivity contribution in [2.24, 2.45) is 0 Å². The topological polar surface area (TPSA) is 54.3 Å². The maximum Gasteiger partial charge on any atom is 0.227 e. The highest BCUT2D eigenvalue weighted by Crippen LogP contribution is 2.34. The quantitative estimate of drug-likeness (QED) is 0.816. The number of hydrogen-bond donors (Lipinski definition) is 0. The van der Waals surface area contributed by atoms with Gasteiger partial charge in [0.1, 0.15) is 5.82 Å². The lowest BCUT2D eigenvalue weighted by atomic mass is 10.1. The number of aromatic nitrogens is 3. The SMILES string of the molecule is CCCN1CCN(C(=O)CCCn2ccnn2)c2cc(F)ccc21. The molecule has 0 saturated heterocycles. The van der Waals surface area contributed by atoms with Gasteiger partial charge in [0.2, 0.25) is 5.91 Å². The van der Waals surface area contributed by atoms with Gasteiger partial charge in [-0.15, -0.1) is 5.10 Å². The second-order valence-corrected chi connectivity index (χ2v) is 5.94. The van der Waals surface area contributed by atoms with E-state index in [9.17, 15) is 9.18 Å². The van der Waals surface area contributed by atoms with Crippen LogP contribution in [0.2, 0.25) is 0 Å². The Balaban J connectivity index is 1.69. The maximum absolute atomic E-state index is 13.7. The molecule has 0 saturated carbocycles. The highest BCUT2D eigenvalue weighted by atomic mass is 19.1. The summed E-state index contributed by atoms with van der Waals surface area (Å²) in [5.41, 5.74) is 1.62. The monoisotopic (exact) mass is 331 g/mol. The molecule has 1 amide bonds. The van der Waals surface area contributed by atoms with E-state index in [1.165, 1.54) is 12.1 Å². The summed E-state index contributed by atoms with van der Waals surface area (Å²) in [6, 6.07) is 4.70. The Kier molecular flexibility index (Phi) is 5.08. The predicted molar refractivity (Wildman–Crippen MR) is 90.5 cm³/mol.